The molecule has 6 heteroatoms. The van der Waals surface area contributed by atoms with E-state index in [0.29, 0.717) is 19.2 Å². The van der Waals surface area contributed by atoms with Gasteiger partial charge in [0.05, 0.1) is 13.2 Å². The predicted octanol–water partition coefficient (Wildman–Crippen LogP) is 2.68. The van der Waals surface area contributed by atoms with Crippen LogP contribution in [0.5, 0.6) is 11.5 Å². The van der Waals surface area contributed by atoms with Crippen LogP contribution in [0.25, 0.3) is 0 Å². The molecule has 2 heterocycles. The number of ether oxygens (including phenoxy) is 2. The highest BCUT2D eigenvalue weighted by molar-refractivity contribution is 7.99. The molecule has 0 aliphatic carbocycles. The highest BCUT2D eigenvalue weighted by Gasteiger charge is 2.11. The Hall–Kier alpha value is -1.95. The van der Waals surface area contributed by atoms with Crippen LogP contribution in [0.1, 0.15) is 12.1 Å². The normalized spacial score (nSPS) is 13.8. The van der Waals surface area contributed by atoms with E-state index in [-0.39, 0.29) is 0 Å². The Morgan fingerprint density at radius 2 is 1.90 bits per heavy atom. The fourth-order valence-electron chi connectivity index (χ4n) is 1.94. The van der Waals surface area contributed by atoms with E-state index in [2.05, 4.69) is 9.97 Å². The van der Waals surface area contributed by atoms with Crippen molar-refractivity contribution in [3.8, 4) is 11.5 Å². The molecule has 0 fully saturated rings. The summed E-state index contributed by atoms with van der Waals surface area (Å²) in [5.74, 6) is 1.87. The van der Waals surface area contributed by atoms with Crippen LogP contribution < -0.4 is 15.2 Å². The van der Waals surface area contributed by atoms with Crippen LogP contribution in [0.2, 0.25) is 0 Å². The first-order chi connectivity index (χ1) is 9.70. The van der Waals surface area contributed by atoms with E-state index >= 15 is 0 Å². The van der Waals surface area contributed by atoms with Crippen molar-refractivity contribution < 1.29 is 9.47 Å². The molecule has 1 aliphatic rings. The number of nitrogen functional groups attached to an aromatic ring is 1. The van der Waals surface area contributed by atoms with Crippen molar-refractivity contribution in [2.24, 2.45) is 0 Å². The SMILES string of the molecule is Cc1cc(Sc2ccc3c(c2)OCCCO3)nc(N)n1. The topological polar surface area (TPSA) is 70.3 Å². The Morgan fingerprint density at radius 3 is 2.70 bits per heavy atom. The Labute approximate surface area is 121 Å². The average Bonchev–Trinajstić information content (AvgIpc) is 2.62. The lowest BCUT2D eigenvalue weighted by Crippen LogP contribution is -1.97. The lowest BCUT2D eigenvalue weighted by atomic mass is 10.3. The molecule has 1 aromatic carbocycles. The lowest BCUT2D eigenvalue weighted by molar-refractivity contribution is 0.297. The second kappa shape index (κ2) is 5.58. The van der Waals surface area contributed by atoms with Gasteiger partial charge in [-0.05, 0) is 31.2 Å². The van der Waals surface area contributed by atoms with Gasteiger partial charge in [-0.2, -0.15) is 0 Å². The molecule has 104 valence electrons. The van der Waals surface area contributed by atoms with Crippen molar-refractivity contribution in [1.29, 1.82) is 0 Å². The Morgan fingerprint density at radius 1 is 1.10 bits per heavy atom. The number of hydrogen-bond donors (Lipinski definition) is 1. The molecule has 0 spiro atoms. The Bertz CT molecular complexity index is 614. The molecule has 0 saturated heterocycles. The van der Waals surface area contributed by atoms with Gasteiger partial charge < -0.3 is 15.2 Å². The maximum Gasteiger partial charge on any atom is 0.221 e. The zero-order chi connectivity index (χ0) is 13.9. The monoisotopic (exact) mass is 289 g/mol. The summed E-state index contributed by atoms with van der Waals surface area (Å²) >= 11 is 1.53. The second-order valence-electron chi connectivity index (χ2n) is 4.47. The van der Waals surface area contributed by atoms with Crippen LogP contribution in [-0.4, -0.2) is 23.2 Å². The summed E-state index contributed by atoms with van der Waals surface area (Å²) in [6.07, 6.45) is 0.902. The quantitative estimate of drug-likeness (QED) is 0.857. The minimum absolute atomic E-state index is 0.293. The molecule has 0 saturated carbocycles. The van der Waals surface area contributed by atoms with Crippen molar-refractivity contribution in [1.82, 2.24) is 9.97 Å². The number of nitrogens with zero attached hydrogens (tertiary/aromatic N) is 2. The third-order valence-corrected chi connectivity index (χ3v) is 3.70. The van der Waals surface area contributed by atoms with Crippen LogP contribution in [0.4, 0.5) is 5.95 Å². The highest BCUT2D eigenvalue weighted by Crippen LogP contribution is 2.36. The minimum Gasteiger partial charge on any atom is -0.490 e. The van der Waals surface area contributed by atoms with E-state index in [1.54, 1.807) is 0 Å². The predicted molar refractivity (Wildman–Crippen MR) is 77.4 cm³/mol. The molecule has 0 atom stereocenters. The van der Waals surface area contributed by atoms with Crippen molar-refractivity contribution in [3.05, 3.63) is 30.0 Å². The molecule has 2 aromatic rings. The van der Waals surface area contributed by atoms with E-state index in [9.17, 15) is 0 Å². The molecule has 0 amide bonds. The maximum atomic E-state index is 5.68. The minimum atomic E-state index is 0.293. The summed E-state index contributed by atoms with van der Waals surface area (Å²) in [5.41, 5.74) is 6.52. The van der Waals surface area contributed by atoms with E-state index in [1.807, 2.05) is 31.2 Å². The molecule has 1 aliphatic heterocycles. The molecule has 20 heavy (non-hydrogen) atoms. The molecule has 5 nitrogen and oxygen atoms in total. The lowest BCUT2D eigenvalue weighted by Gasteiger charge is -2.09. The molecular formula is C14H15N3O2S. The van der Waals surface area contributed by atoms with Crippen LogP contribution >= 0.6 is 11.8 Å². The van der Waals surface area contributed by atoms with E-state index < -0.39 is 0 Å². The number of rotatable bonds is 2. The molecule has 3 rings (SSSR count). The first-order valence-corrected chi connectivity index (χ1v) is 7.21. The zero-order valence-electron chi connectivity index (χ0n) is 11.1. The smallest absolute Gasteiger partial charge is 0.221 e. The molecule has 2 N–H and O–H groups in total. The number of aryl methyl sites for hydroxylation is 1. The standard InChI is InChI=1S/C14H15N3O2S/c1-9-7-13(17-14(15)16-9)20-10-3-4-11-12(8-10)19-6-2-5-18-11/h3-4,7-8H,2,5-6H2,1H3,(H2,15,16,17). The van der Waals surface area contributed by atoms with Crippen molar-refractivity contribution in [2.75, 3.05) is 18.9 Å². The summed E-state index contributed by atoms with van der Waals surface area (Å²) in [5, 5.41) is 0.824. The molecule has 0 bridgehead atoms. The molecular weight excluding hydrogens is 274 g/mol. The van der Waals surface area contributed by atoms with Gasteiger partial charge in [-0.25, -0.2) is 9.97 Å². The van der Waals surface area contributed by atoms with Gasteiger partial charge in [-0.3, -0.25) is 0 Å². The Kier molecular flexibility index (Phi) is 3.64. The van der Waals surface area contributed by atoms with Gasteiger partial charge in [-0.1, -0.05) is 11.8 Å². The van der Waals surface area contributed by atoms with E-state index in [1.165, 1.54) is 11.8 Å². The number of aromatic nitrogens is 2. The fourth-order valence-corrected chi connectivity index (χ4v) is 2.85. The van der Waals surface area contributed by atoms with E-state index in [0.717, 1.165) is 33.5 Å². The number of anilines is 1. The van der Waals surface area contributed by atoms with Crippen molar-refractivity contribution >= 4 is 17.7 Å². The highest BCUT2D eigenvalue weighted by atomic mass is 32.2. The summed E-state index contributed by atoms with van der Waals surface area (Å²) in [7, 11) is 0. The van der Waals surface area contributed by atoms with Gasteiger partial charge in [0.1, 0.15) is 5.03 Å². The summed E-state index contributed by atoms with van der Waals surface area (Å²) in [6.45, 7) is 3.28. The summed E-state index contributed by atoms with van der Waals surface area (Å²) < 4.78 is 11.3. The average molecular weight is 289 g/mol. The first-order valence-electron chi connectivity index (χ1n) is 6.39. The van der Waals surface area contributed by atoms with E-state index in [4.69, 9.17) is 15.2 Å². The van der Waals surface area contributed by atoms with Gasteiger partial charge in [0.15, 0.2) is 11.5 Å². The molecule has 0 unspecified atom stereocenters. The largest absolute Gasteiger partial charge is 0.490 e. The maximum absolute atomic E-state index is 5.68. The number of hydrogen-bond acceptors (Lipinski definition) is 6. The molecule has 1 aromatic heterocycles. The van der Waals surface area contributed by atoms with Crippen molar-refractivity contribution in [2.45, 2.75) is 23.3 Å². The third kappa shape index (κ3) is 2.96. The zero-order valence-corrected chi connectivity index (χ0v) is 11.9. The van der Waals surface area contributed by atoms with Crippen LogP contribution in [0.15, 0.2) is 34.2 Å². The summed E-state index contributed by atoms with van der Waals surface area (Å²) in [4.78, 5) is 9.32. The number of benzene rings is 1. The van der Waals surface area contributed by atoms with Gasteiger partial charge >= 0.3 is 0 Å². The first kappa shape index (κ1) is 13.1. The number of nitrogens with two attached hydrogens (primary N) is 1. The fraction of sp³-hybridized carbons (Fsp3) is 0.286. The van der Waals surface area contributed by atoms with Gasteiger partial charge in [0.25, 0.3) is 0 Å². The van der Waals surface area contributed by atoms with Gasteiger partial charge in [0.2, 0.25) is 5.95 Å². The van der Waals surface area contributed by atoms with Gasteiger partial charge in [0, 0.05) is 17.0 Å². The second-order valence-corrected chi connectivity index (χ2v) is 5.56. The Balaban J connectivity index is 1.85. The van der Waals surface area contributed by atoms with Crippen LogP contribution in [0.3, 0.4) is 0 Å². The van der Waals surface area contributed by atoms with Gasteiger partial charge in [-0.15, -0.1) is 0 Å². The summed E-state index contributed by atoms with van der Waals surface area (Å²) in [6, 6.07) is 7.80. The molecule has 0 radical (unpaired) electrons. The third-order valence-electron chi connectivity index (χ3n) is 2.79. The number of fused-ring (bicyclic) bond motifs is 1. The van der Waals surface area contributed by atoms with Crippen LogP contribution in [0, 0.1) is 6.92 Å². The van der Waals surface area contributed by atoms with Crippen molar-refractivity contribution in [3.63, 3.8) is 0 Å². The van der Waals surface area contributed by atoms with Crippen LogP contribution in [-0.2, 0) is 0 Å².